The molecule has 0 saturated heterocycles. The number of rotatable bonds is 7. The molecule has 0 saturated carbocycles. The second-order valence-corrected chi connectivity index (χ2v) is 6.66. The molecule has 4 heteroatoms. The van der Waals surface area contributed by atoms with Crippen LogP contribution in [0.25, 0.3) is 0 Å². The van der Waals surface area contributed by atoms with Gasteiger partial charge in [-0.3, -0.25) is 0 Å². The van der Waals surface area contributed by atoms with Gasteiger partial charge < -0.3 is 10.6 Å². The van der Waals surface area contributed by atoms with Gasteiger partial charge in [0.15, 0.2) is 0 Å². The molecular weight excluding hydrogens is 242 g/mol. The highest BCUT2D eigenvalue weighted by Gasteiger charge is 2.11. The highest BCUT2D eigenvalue weighted by atomic mass is 32.1. The number of hydrogen-bond acceptors (Lipinski definition) is 4. The normalized spacial score (nSPS) is 13.8. The van der Waals surface area contributed by atoms with Gasteiger partial charge in [0, 0.05) is 23.9 Å². The summed E-state index contributed by atoms with van der Waals surface area (Å²) in [6.45, 7) is 10.7. The summed E-state index contributed by atoms with van der Waals surface area (Å²) in [5, 5.41) is 3.41. The molecule has 18 heavy (non-hydrogen) atoms. The van der Waals surface area contributed by atoms with Crippen molar-refractivity contribution in [1.29, 1.82) is 0 Å². The SMILES string of the molecule is CC(C)c1nc(CN(C)CCC(N)C(C)C)cs1. The molecule has 0 bridgehead atoms. The molecule has 1 unspecified atom stereocenters. The Kier molecular flexibility index (Phi) is 6.26. The van der Waals surface area contributed by atoms with E-state index >= 15 is 0 Å². The van der Waals surface area contributed by atoms with Gasteiger partial charge in [0.2, 0.25) is 0 Å². The fraction of sp³-hybridized carbons (Fsp3) is 0.786. The monoisotopic (exact) mass is 269 g/mol. The van der Waals surface area contributed by atoms with Gasteiger partial charge >= 0.3 is 0 Å². The summed E-state index contributed by atoms with van der Waals surface area (Å²) < 4.78 is 0. The maximum atomic E-state index is 6.06. The number of thiazole rings is 1. The summed E-state index contributed by atoms with van der Waals surface area (Å²) in [6.07, 6.45) is 1.05. The highest BCUT2D eigenvalue weighted by molar-refractivity contribution is 7.09. The van der Waals surface area contributed by atoms with Gasteiger partial charge in [-0.25, -0.2) is 4.98 Å². The summed E-state index contributed by atoms with van der Waals surface area (Å²) in [5.74, 6) is 1.09. The first kappa shape index (κ1) is 15.6. The van der Waals surface area contributed by atoms with Crippen LogP contribution in [0.1, 0.15) is 50.7 Å². The first-order valence-corrected chi connectivity index (χ1v) is 7.66. The van der Waals surface area contributed by atoms with Crippen molar-refractivity contribution in [2.24, 2.45) is 11.7 Å². The van der Waals surface area contributed by atoms with Gasteiger partial charge in [-0.15, -0.1) is 11.3 Å². The Hall–Kier alpha value is -0.450. The first-order valence-electron chi connectivity index (χ1n) is 6.78. The van der Waals surface area contributed by atoms with Crippen molar-refractivity contribution < 1.29 is 0 Å². The maximum absolute atomic E-state index is 6.06. The number of nitrogens with zero attached hydrogens (tertiary/aromatic N) is 2. The van der Waals surface area contributed by atoms with E-state index in [-0.39, 0.29) is 0 Å². The molecule has 0 radical (unpaired) electrons. The average Bonchev–Trinajstić information content (AvgIpc) is 2.74. The fourth-order valence-corrected chi connectivity index (χ4v) is 2.54. The lowest BCUT2D eigenvalue weighted by Crippen LogP contribution is -2.31. The van der Waals surface area contributed by atoms with E-state index < -0.39 is 0 Å². The molecule has 1 rings (SSSR count). The minimum atomic E-state index is 0.300. The van der Waals surface area contributed by atoms with E-state index in [1.54, 1.807) is 11.3 Å². The molecule has 0 aliphatic rings. The third kappa shape index (κ3) is 5.04. The molecule has 0 aromatic carbocycles. The molecule has 2 N–H and O–H groups in total. The van der Waals surface area contributed by atoms with Crippen molar-refractivity contribution in [2.75, 3.05) is 13.6 Å². The van der Waals surface area contributed by atoms with Gasteiger partial charge in [-0.2, -0.15) is 0 Å². The van der Waals surface area contributed by atoms with E-state index in [1.165, 1.54) is 10.7 Å². The molecule has 0 fully saturated rings. The minimum Gasteiger partial charge on any atom is -0.327 e. The van der Waals surface area contributed by atoms with Crippen molar-refractivity contribution in [2.45, 2.75) is 52.6 Å². The Morgan fingerprint density at radius 2 is 2.00 bits per heavy atom. The average molecular weight is 269 g/mol. The molecule has 0 amide bonds. The van der Waals surface area contributed by atoms with Crippen molar-refractivity contribution in [3.8, 4) is 0 Å². The predicted octanol–water partition coefficient (Wildman–Crippen LogP) is 3.07. The Morgan fingerprint density at radius 3 is 2.50 bits per heavy atom. The van der Waals surface area contributed by atoms with Gasteiger partial charge in [-0.1, -0.05) is 27.7 Å². The van der Waals surface area contributed by atoms with Crippen LogP contribution in [0.5, 0.6) is 0 Å². The first-order chi connectivity index (χ1) is 8.40. The molecule has 1 atom stereocenters. The molecule has 1 aromatic rings. The largest absolute Gasteiger partial charge is 0.327 e. The van der Waals surface area contributed by atoms with Crippen molar-refractivity contribution in [3.05, 3.63) is 16.1 Å². The second-order valence-electron chi connectivity index (χ2n) is 5.77. The number of aromatic nitrogens is 1. The van der Waals surface area contributed by atoms with Crippen LogP contribution in [0.3, 0.4) is 0 Å². The van der Waals surface area contributed by atoms with Crippen LogP contribution in [0.4, 0.5) is 0 Å². The molecule has 0 aliphatic heterocycles. The molecule has 1 heterocycles. The van der Waals surface area contributed by atoms with Crippen LogP contribution in [-0.2, 0) is 6.54 Å². The lowest BCUT2D eigenvalue weighted by molar-refractivity contribution is 0.294. The summed E-state index contributed by atoms with van der Waals surface area (Å²) in [5.41, 5.74) is 7.25. The number of nitrogens with two attached hydrogens (primary N) is 1. The quantitative estimate of drug-likeness (QED) is 0.827. The lowest BCUT2D eigenvalue weighted by Gasteiger charge is -2.20. The summed E-state index contributed by atoms with van der Waals surface area (Å²) >= 11 is 1.77. The van der Waals surface area contributed by atoms with Gasteiger partial charge in [0.05, 0.1) is 10.7 Å². The van der Waals surface area contributed by atoms with Crippen LogP contribution >= 0.6 is 11.3 Å². The molecule has 104 valence electrons. The molecule has 0 aliphatic carbocycles. The summed E-state index contributed by atoms with van der Waals surface area (Å²) in [6, 6.07) is 0.300. The minimum absolute atomic E-state index is 0.300. The van der Waals surface area contributed by atoms with Gasteiger partial charge in [0.25, 0.3) is 0 Å². The van der Waals surface area contributed by atoms with Crippen LogP contribution in [0, 0.1) is 5.92 Å². The Labute approximate surface area is 115 Å². The number of hydrogen-bond donors (Lipinski definition) is 1. The van der Waals surface area contributed by atoms with E-state index in [1.807, 2.05) is 0 Å². The van der Waals surface area contributed by atoms with E-state index in [2.05, 4.69) is 50.0 Å². The van der Waals surface area contributed by atoms with Crippen molar-refractivity contribution in [3.63, 3.8) is 0 Å². The molecular formula is C14H27N3S. The topological polar surface area (TPSA) is 42.2 Å². The van der Waals surface area contributed by atoms with E-state index in [9.17, 15) is 0 Å². The maximum Gasteiger partial charge on any atom is 0.0954 e. The standard InChI is InChI=1S/C14H27N3S/c1-10(2)13(15)6-7-17(5)8-12-9-18-14(16-12)11(3)4/h9-11,13H,6-8,15H2,1-5H3. The summed E-state index contributed by atoms with van der Waals surface area (Å²) in [7, 11) is 2.14. The zero-order chi connectivity index (χ0) is 13.7. The predicted molar refractivity (Wildman–Crippen MR) is 80.0 cm³/mol. The van der Waals surface area contributed by atoms with Crippen LogP contribution in [0.15, 0.2) is 5.38 Å². The van der Waals surface area contributed by atoms with Crippen LogP contribution in [0.2, 0.25) is 0 Å². The third-order valence-electron chi connectivity index (χ3n) is 3.20. The second kappa shape index (κ2) is 7.22. The Balaban J connectivity index is 2.37. The molecule has 3 nitrogen and oxygen atoms in total. The smallest absolute Gasteiger partial charge is 0.0954 e. The zero-order valence-corrected chi connectivity index (χ0v) is 13.1. The molecule has 1 aromatic heterocycles. The van der Waals surface area contributed by atoms with E-state index in [0.29, 0.717) is 17.9 Å². The van der Waals surface area contributed by atoms with E-state index in [4.69, 9.17) is 5.73 Å². The zero-order valence-electron chi connectivity index (χ0n) is 12.3. The Morgan fingerprint density at radius 1 is 1.33 bits per heavy atom. The molecule has 0 spiro atoms. The van der Waals surface area contributed by atoms with Crippen LogP contribution < -0.4 is 5.73 Å². The van der Waals surface area contributed by atoms with E-state index in [0.717, 1.165) is 19.5 Å². The fourth-order valence-electron chi connectivity index (χ4n) is 1.72. The lowest BCUT2D eigenvalue weighted by atomic mass is 10.0. The van der Waals surface area contributed by atoms with Gasteiger partial charge in [0.1, 0.15) is 0 Å². The Bertz CT molecular complexity index is 347. The third-order valence-corrected chi connectivity index (χ3v) is 4.39. The summed E-state index contributed by atoms with van der Waals surface area (Å²) in [4.78, 5) is 6.96. The highest BCUT2D eigenvalue weighted by Crippen LogP contribution is 2.19. The van der Waals surface area contributed by atoms with Gasteiger partial charge in [-0.05, 0) is 25.9 Å². The van der Waals surface area contributed by atoms with Crippen molar-refractivity contribution >= 4 is 11.3 Å². The van der Waals surface area contributed by atoms with Crippen LogP contribution in [-0.4, -0.2) is 29.5 Å². The van der Waals surface area contributed by atoms with Crippen molar-refractivity contribution in [1.82, 2.24) is 9.88 Å².